The molecule has 1 saturated carbocycles. The molecule has 4 aromatic rings. The Kier molecular flexibility index (Phi) is 8.85. The quantitative estimate of drug-likeness (QED) is 0.225. The van der Waals surface area contributed by atoms with Crippen LogP contribution < -0.4 is 4.74 Å². The van der Waals surface area contributed by atoms with Gasteiger partial charge in [0.2, 0.25) is 0 Å². The second-order valence-corrected chi connectivity index (χ2v) is 11.9. The SMILES string of the molecule is COc1ccc(-c2cccc(C#N)c2)cc1CN(C(=O)c1sc2c(F)ccc(F)c2c1Cl)C1CCC(N(C)C(=O)O)CC1. The number of methoxy groups -OCH3 is 1. The first-order chi connectivity index (χ1) is 20.6. The first-order valence-corrected chi connectivity index (χ1v) is 14.8. The fourth-order valence-corrected chi connectivity index (χ4v) is 7.18. The minimum absolute atomic E-state index is 0.0299. The van der Waals surface area contributed by atoms with Gasteiger partial charge in [0, 0.05) is 31.2 Å². The number of benzene rings is 3. The molecule has 1 N–H and O–H groups in total. The Morgan fingerprint density at radius 1 is 1.05 bits per heavy atom. The Bertz CT molecular complexity index is 1750. The van der Waals surface area contributed by atoms with E-state index in [0.29, 0.717) is 42.6 Å². The number of ether oxygens (including phenoxy) is 1. The molecular formula is C32H28ClF2N3O4S. The molecule has 0 spiro atoms. The maximum atomic E-state index is 14.7. The standard InChI is InChI=1S/C32H28ClF2N3O4S/c1-37(32(40)41)22-7-9-23(10-8-22)38(31(39)30-28(33)27-24(34)11-12-25(35)29(27)43-30)17-21-15-20(6-13-26(21)42-2)19-5-3-4-18(14-19)16-36/h3-6,11-15,22-23H,7-10,17H2,1-2H3,(H,40,41). The van der Waals surface area contributed by atoms with Crippen LogP contribution in [0.4, 0.5) is 13.6 Å². The van der Waals surface area contributed by atoms with Crippen LogP contribution in [0, 0.1) is 23.0 Å². The van der Waals surface area contributed by atoms with Crippen LogP contribution >= 0.6 is 22.9 Å². The number of rotatable bonds is 7. The van der Waals surface area contributed by atoms with Crippen molar-refractivity contribution in [1.29, 1.82) is 5.26 Å². The number of nitriles is 1. The largest absolute Gasteiger partial charge is 0.496 e. The molecule has 0 radical (unpaired) electrons. The van der Waals surface area contributed by atoms with Crippen LogP contribution in [0.3, 0.4) is 0 Å². The third-order valence-corrected chi connectivity index (χ3v) is 9.72. The molecule has 1 aromatic heterocycles. The van der Waals surface area contributed by atoms with E-state index < -0.39 is 23.6 Å². The van der Waals surface area contributed by atoms with Gasteiger partial charge in [0.05, 0.1) is 33.9 Å². The van der Waals surface area contributed by atoms with Gasteiger partial charge in [0.1, 0.15) is 22.3 Å². The van der Waals surface area contributed by atoms with Crippen LogP contribution in [-0.2, 0) is 6.54 Å². The number of nitrogens with zero attached hydrogens (tertiary/aromatic N) is 3. The van der Waals surface area contributed by atoms with Crippen molar-refractivity contribution >= 4 is 45.0 Å². The number of halogens is 3. The molecule has 222 valence electrons. The molecule has 0 saturated heterocycles. The van der Waals surface area contributed by atoms with Crippen LogP contribution in [0.25, 0.3) is 21.2 Å². The lowest BCUT2D eigenvalue weighted by molar-refractivity contribution is 0.0555. The minimum Gasteiger partial charge on any atom is -0.496 e. The summed E-state index contributed by atoms with van der Waals surface area (Å²) in [7, 11) is 3.07. The maximum Gasteiger partial charge on any atom is 0.407 e. The van der Waals surface area contributed by atoms with Gasteiger partial charge in [0.15, 0.2) is 0 Å². The highest BCUT2D eigenvalue weighted by molar-refractivity contribution is 7.21. The minimum atomic E-state index is -1.01. The third kappa shape index (κ3) is 6.01. The van der Waals surface area contributed by atoms with E-state index in [1.54, 1.807) is 29.2 Å². The highest BCUT2D eigenvalue weighted by Gasteiger charge is 2.34. The summed E-state index contributed by atoms with van der Waals surface area (Å²) in [5.41, 5.74) is 2.83. The molecule has 0 bridgehead atoms. The van der Waals surface area contributed by atoms with Crippen molar-refractivity contribution in [1.82, 2.24) is 9.80 Å². The zero-order valence-electron chi connectivity index (χ0n) is 23.4. The van der Waals surface area contributed by atoms with Gasteiger partial charge in [-0.25, -0.2) is 13.6 Å². The lowest BCUT2D eigenvalue weighted by Gasteiger charge is -2.39. The lowest BCUT2D eigenvalue weighted by Crippen LogP contribution is -2.46. The highest BCUT2D eigenvalue weighted by atomic mass is 35.5. The van der Waals surface area contributed by atoms with E-state index in [2.05, 4.69) is 6.07 Å². The summed E-state index contributed by atoms with van der Waals surface area (Å²) in [5.74, 6) is -1.31. The van der Waals surface area contributed by atoms with Gasteiger partial charge in [-0.3, -0.25) is 4.79 Å². The van der Waals surface area contributed by atoms with Crippen molar-refractivity contribution in [3.05, 3.63) is 87.3 Å². The average Bonchev–Trinajstić information content (AvgIpc) is 3.39. The smallest absolute Gasteiger partial charge is 0.407 e. The van der Waals surface area contributed by atoms with Gasteiger partial charge >= 0.3 is 6.09 Å². The van der Waals surface area contributed by atoms with Gasteiger partial charge in [-0.15, -0.1) is 11.3 Å². The van der Waals surface area contributed by atoms with Crippen molar-refractivity contribution in [2.45, 2.75) is 44.3 Å². The number of carbonyl (C=O) groups is 2. The average molecular weight is 624 g/mol. The van der Waals surface area contributed by atoms with E-state index >= 15 is 0 Å². The Morgan fingerprint density at radius 2 is 1.72 bits per heavy atom. The van der Waals surface area contributed by atoms with E-state index in [-0.39, 0.29) is 38.6 Å². The summed E-state index contributed by atoms with van der Waals surface area (Å²) < 4.78 is 34.9. The summed E-state index contributed by atoms with van der Waals surface area (Å²) in [6, 6.07) is 16.4. The van der Waals surface area contributed by atoms with E-state index in [1.807, 2.05) is 18.2 Å². The Morgan fingerprint density at radius 3 is 2.37 bits per heavy atom. The van der Waals surface area contributed by atoms with Gasteiger partial charge in [0.25, 0.3) is 5.91 Å². The maximum absolute atomic E-state index is 14.7. The number of thiophene rings is 1. The van der Waals surface area contributed by atoms with Crippen molar-refractivity contribution in [3.8, 4) is 22.9 Å². The molecule has 11 heteroatoms. The second kappa shape index (κ2) is 12.6. The van der Waals surface area contributed by atoms with Gasteiger partial charge in [-0.2, -0.15) is 5.26 Å². The summed E-state index contributed by atoms with van der Waals surface area (Å²) in [5, 5.41) is 18.6. The number of hydrogen-bond acceptors (Lipinski definition) is 5. The predicted molar refractivity (Wildman–Crippen MR) is 162 cm³/mol. The summed E-state index contributed by atoms with van der Waals surface area (Å²) in [4.78, 5) is 28.8. The molecule has 1 aliphatic rings. The van der Waals surface area contributed by atoms with E-state index in [9.17, 15) is 28.7 Å². The number of hydrogen-bond donors (Lipinski definition) is 1. The molecule has 0 atom stereocenters. The summed E-state index contributed by atoms with van der Waals surface area (Å²) >= 11 is 7.35. The number of carboxylic acid groups (broad SMARTS) is 1. The van der Waals surface area contributed by atoms with Crippen molar-refractivity contribution in [2.75, 3.05) is 14.2 Å². The van der Waals surface area contributed by atoms with Gasteiger partial charge < -0.3 is 19.6 Å². The molecule has 0 unspecified atom stereocenters. The van der Waals surface area contributed by atoms with E-state index in [0.717, 1.165) is 34.6 Å². The zero-order valence-corrected chi connectivity index (χ0v) is 25.0. The topological polar surface area (TPSA) is 93.9 Å². The van der Waals surface area contributed by atoms with E-state index in [1.165, 1.54) is 19.1 Å². The molecule has 0 aliphatic heterocycles. The van der Waals surface area contributed by atoms with Gasteiger partial charge in [-0.05, 0) is 73.2 Å². The summed E-state index contributed by atoms with van der Waals surface area (Å²) in [6.07, 6.45) is 1.11. The molecule has 2 amide bonds. The number of amides is 2. The molecule has 43 heavy (non-hydrogen) atoms. The van der Waals surface area contributed by atoms with Crippen LogP contribution in [0.1, 0.15) is 46.5 Å². The predicted octanol–water partition coefficient (Wildman–Crippen LogP) is 7.94. The van der Waals surface area contributed by atoms with Crippen molar-refractivity contribution in [3.63, 3.8) is 0 Å². The second-order valence-electron chi connectivity index (χ2n) is 10.5. The molecule has 5 rings (SSSR count). The van der Waals surface area contributed by atoms with Crippen molar-refractivity contribution < 1.29 is 28.2 Å². The highest BCUT2D eigenvalue weighted by Crippen LogP contribution is 2.41. The van der Waals surface area contributed by atoms with E-state index in [4.69, 9.17) is 16.3 Å². The fourth-order valence-electron chi connectivity index (χ4n) is 5.68. The molecule has 1 aliphatic carbocycles. The molecular weight excluding hydrogens is 596 g/mol. The Hall–Kier alpha value is -4.20. The lowest BCUT2D eigenvalue weighted by atomic mass is 9.89. The molecule has 3 aromatic carbocycles. The molecule has 1 heterocycles. The first-order valence-electron chi connectivity index (χ1n) is 13.6. The van der Waals surface area contributed by atoms with Crippen LogP contribution in [0.5, 0.6) is 5.75 Å². The Labute approximate surface area is 256 Å². The normalized spacial score (nSPS) is 16.5. The number of fused-ring (bicyclic) bond motifs is 1. The van der Waals surface area contributed by atoms with Crippen LogP contribution in [0.2, 0.25) is 5.02 Å². The Balaban J connectivity index is 1.55. The van der Waals surface area contributed by atoms with Gasteiger partial charge in [-0.1, -0.05) is 29.8 Å². The molecule has 7 nitrogen and oxygen atoms in total. The molecule has 1 fully saturated rings. The third-order valence-electron chi connectivity index (χ3n) is 8.04. The van der Waals surface area contributed by atoms with Crippen LogP contribution in [0.15, 0.2) is 54.6 Å². The fraction of sp³-hybridized carbons (Fsp3) is 0.281. The summed E-state index contributed by atoms with van der Waals surface area (Å²) in [6.45, 7) is 0.105. The monoisotopic (exact) mass is 623 g/mol. The van der Waals surface area contributed by atoms with Crippen molar-refractivity contribution in [2.24, 2.45) is 0 Å². The van der Waals surface area contributed by atoms with Crippen LogP contribution in [-0.4, -0.2) is 53.1 Å². The first kappa shape index (κ1) is 30.3. The number of carbonyl (C=O) groups excluding carboxylic acids is 1. The zero-order chi connectivity index (χ0) is 30.8.